The van der Waals surface area contributed by atoms with Crippen LogP contribution in [0.2, 0.25) is 0 Å². The molecule has 0 bridgehead atoms. The summed E-state index contributed by atoms with van der Waals surface area (Å²) >= 11 is 0. The van der Waals surface area contributed by atoms with E-state index in [2.05, 4.69) is 0 Å². The largest absolute Gasteiger partial charge is 0.497 e. The van der Waals surface area contributed by atoms with Gasteiger partial charge in [-0.15, -0.1) is 0 Å². The predicted molar refractivity (Wildman–Crippen MR) is 91.0 cm³/mol. The van der Waals surface area contributed by atoms with Crippen molar-refractivity contribution in [3.05, 3.63) is 29.8 Å². The molecular formula is C18H27NO5. The number of carbonyl (C=O) groups is 2. The third-order valence-corrected chi connectivity index (χ3v) is 2.70. The lowest BCUT2D eigenvalue weighted by molar-refractivity contribution is -0.000260. The molecule has 0 aliphatic rings. The number of amides is 2. The highest BCUT2D eigenvalue weighted by Gasteiger charge is 2.31. The van der Waals surface area contributed by atoms with Crippen LogP contribution in [0.25, 0.3) is 0 Å². The highest BCUT2D eigenvalue weighted by atomic mass is 16.6. The zero-order valence-electron chi connectivity index (χ0n) is 15.5. The molecule has 1 rings (SSSR count). The fourth-order valence-electron chi connectivity index (χ4n) is 1.79. The van der Waals surface area contributed by atoms with Gasteiger partial charge in [-0.25, -0.2) is 14.5 Å². The van der Waals surface area contributed by atoms with Crippen molar-refractivity contribution < 1.29 is 23.8 Å². The summed E-state index contributed by atoms with van der Waals surface area (Å²) in [6.45, 7) is 10.5. The molecule has 0 saturated carbocycles. The van der Waals surface area contributed by atoms with Gasteiger partial charge >= 0.3 is 12.2 Å². The Labute approximate surface area is 143 Å². The number of carbonyl (C=O) groups excluding carboxylic acids is 2. The van der Waals surface area contributed by atoms with Gasteiger partial charge in [-0.3, -0.25) is 0 Å². The molecule has 0 N–H and O–H groups in total. The van der Waals surface area contributed by atoms with E-state index in [1.54, 1.807) is 72.9 Å². The first-order chi connectivity index (χ1) is 10.9. The fraction of sp³-hybridized carbons (Fsp3) is 0.556. The van der Waals surface area contributed by atoms with Gasteiger partial charge in [0.05, 0.1) is 13.7 Å². The molecule has 6 heteroatoms. The van der Waals surface area contributed by atoms with Gasteiger partial charge in [-0.05, 0) is 59.2 Å². The second kappa shape index (κ2) is 7.55. The summed E-state index contributed by atoms with van der Waals surface area (Å²) in [4.78, 5) is 25.8. The first-order valence-corrected chi connectivity index (χ1v) is 7.78. The topological polar surface area (TPSA) is 65.1 Å². The Balaban J connectivity index is 3.03. The fourth-order valence-corrected chi connectivity index (χ4v) is 1.79. The van der Waals surface area contributed by atoms with E-state index < -0.39 is 23.4 Å². The highest BCUT2D eigenvalue weighted by Crippen LogP contribution is 2.19. The van der Waals surface area contributed by atoms with Crippen LogP contribution < -0.4 is 4.74 Å². The SMILES string of the molecule is COc1cccc(CN(C(=O)OC(C)(C)C)C(=O)OC(C)(C)C)c1. The van der Waals surface area contributed by atoms with Crippen molar-refractivity contribution in [1.82, 2.24) is 4.90 Å². The number of hydrogen-bond donors (Lipinski definition) is 0. The van der Waals surface area contributed by atoms with E-state index in [0.717, 1.165) is 10.5 Å². The van der Waals surface area contributed by atoms with E-state index in [4.69, 9.17) is 14.2 Å². The molecule has 24 heavy (non-hydrogen) atoms. The smallest absolute Gasteiger partial charge is 0.420 e. The molecule has 0 radical (unpaired) electrons. The van der Waals surface area contributed by atoms with Crippen molar-refractivity contribution in [1.29, 1.82) is 0 Å². The summed E-state index contributed by atoms with van der Waals surface area (Å²) in [5.41, 5.74) is -0.705. The summed E-state index contributed by atoms with van der Waals surface area (Å²) in [5, 5.41) is 0. The third-order valence-electron chi connectivity index (χ3n) is 2.70. The van der Waals surface area contributed by atoms with E-state index in [9.17, 15) is 9.59 Å². The molecular weight excluding hydrogens is 310 g/mol. The van der Waals surface area contributed by atoms with E-state index in [1.165, 1.54) is 0 Å². The van der Waals surface area contributed by atoms with Crippen LogP contribution in [0.1, 0.15) is 47.1 Å². The highest BCUT2D eigenvalue weighted by molar-refractivity contribution is 5.88. The van der Waals surface area contributed by atoms with Crippen molar-refractivity contribution >= 4 is 12.2 Å². The van der Waals surface area contributed by atoms with Crippen molar-refractivity contribution in [2.75, 3.05) is 7.11 Å². The maximum absolute atomic E-state index is 12.4. The van der Waals surface area contributed by atoms with E-state index >= 15 is 0 Å². The third kappa shape index (κ3) is 6.89. The molecule has 0 heterocycles. The lowest BCUT2D eigenvalue weighted by Crippen LogP contribution is -2.43. The Kier molecular flexibility index (Phi) is 6.23. The Hall–Kier alpha value is -2.24. The molecule has 0 spiro atoms. The molecule has 0 fully saturated rings. The Bertz CT molecular complexity index is 556. The molecule has 0 saturated heterocycles. The molecule has 0 atom stereocenters. The van der Waals surface area contributed by atoms with E-state index in [1.807, 2.05) is 0 Å². The molecule has 0 aromatic heterocycles. The standard InChI is InChI=1S/C18H27NO5/c1-17(2,3)23-15(20)19(16(21)24-18(4,5)6)12-13-9-8-10-14(11-13)22-7/h8-11H,12H2,1-7H3. The van der Waals surface area contributed by atoms with E-state index in [-0.39, 0.29) is 6.54 Å². The van der Waals surface area contributed by atoms with Crippen molar-refractivity contribution in [2.24, 2.45) is 0 Å². The van der Waals surface area contributed by atoms with Crippen LogP contribution in [-0.4, -0.2) is 35.4 Å². The average molecular weight is 337 g/mol. The van der Waals surface area contributed by atoms with Crippen LogP contribution in [0.3, 0.4) is 0 Å². The van der Waals surface area contributed by atoms with Gasteiger partial charge in [-0.1, -0.05) is 12.1 Å². The quantitative estimate of drug-likeness (QED) is 0.819. The van der Waals surface area contributed by atoms with Gasteiger partial charge in [0.1, 0.15) is 17.0 Å². The molecule has 1 aromatic carbocycles. The van der Waals surface area contributed by atoms with Crippen LogP contribution in [-0.2, 0) is 16.0 Å². The van der Waals surface area contributed by atoms with Crippen LogP contribution in [0, 0.1) is 0 Å². The average Bonchev–Trinajstić information content (AvgIpc) is 2.41. The summed E-state index contributed by atoms with van der Waals surface area (Å²) in [6.07, 6.45) is -1.50. The molecule has 2 amide bonds. The normalized spacial score (nSPS) is 11.6. The Morgan fingerprint density at radius 2 is 1.46 bits per heavy atom. The molecule has 0 aliphatic carbocycles. The Morgan fingerprint density at radius 3 is 1.88 bits per heavy atom. The monoisotopic (exact) mass is 337 g/mol. The van der Waals surface area contributed by atoms with Gasteiger partial charge in [0.2, 0.25) is 0 Å². The first-order valence-electron chi connectivity index (χ1n) is 7.78. The summed E-state index contributed by atoms with van der Waals surface area (Å²) < 4.78 is 15.8. The Morgan fingerprint density at radius 1 is 0.958 bits per heavy atom. The minimum atomic E-state index is -0.750. The van der Waals surface area contributed by atoms with Crippen LogP contribution in [0.4, 0.5) is 9.59 Å². The lowest BCUT2D eigenvalue weighted by atomic mass is 10.2. The zero-order valence-corrected chi connectivity index (χ0v) is 15.5. The lowest BCUT2D eigenvalue weighted by Gasteiger charge is -2.28. The van der Waals surface area contributed by atoms with Crippen molar-refractivity contribution in [3.8, 4) is 5.75 Å². The van der Waals surface area contributed by atoms with Gasteiger partial charge < -0.3 is 14.2 Å². The molecule has 134 valence electrons. The zero-order chi connectivity index (χ0) is 18.5. The molecule has 6 nitrogen and oxygen atoms in total. The van der Waals surface area contributed by atoms with Crippen molar-refractivity contribution in [2.45, 2.75) is 59.3 Å². The number of rotatable bonds is 3. The van der Waals surface area contributed by atoms with Gasteiger partial charge in [0.25, 0.3) is 0 Å². The molecule has 0 aliphatic heterocycles. The maximum atomic E-state index is 12.4. The number of benzene rings is 1. The number of methoxy groups -OCH3 is 1. The minimum absolute atomic E-state index is 0.0288. The summed E-state index contributed by atoms with van der Waals surface area (Å²) in [5.74, 6) is 0.640. The van der Waals surface area contributed by atoms with Crippen LogP contribution in [0.15, 0.2) is 24.3 Å². The first kappa shape index (κ1) is 19.8. The molecule has 1 aromatic rings. The van der Waals surface area contributed by atoms with Crippen LogP contribution in [0.5, 0.6) is 5.75 Å². The predicted octanol–water partition coefficient (Wildman–Crippen LogP) is 4.37. The summed E-state index contributed by atoms with van der Waals surface area (Å²) in [7, 11) is 1.55. The second-order valence-corrected chi connectivity index (χ2v) is 7.40. The minimum Gasteiger partial charge on any atom is -0.497 e. The van der Waals surface area contributed by atoms with Crippen molar-refractivity contribution in [3.63, 3.8) is 0 Å². The number of imide groups is 1. The van der Waals surface area contributed by atoms with Crippen LogP contribution >= 0.6 is 0 Å². The van der Waals surface area contributed by atoms with Gasteiger partial charge in [0.15, 0.2) is 0 Å². The second-order valence-electron chi connectivity index (χ2n) is 7.40. The number of ether oxygens (including phenoxy) is 3. The van der Waals surface area contributed by atoms with Gasteiger partial charge in [0, 0.05) is 0 Å². The molecule has 0 unspecified atom stereocenters. The summed E-state index contributed by atoms with van der Waals surface area (Å²) in [6, 6.07) is 7.12. The van der Waals surface area contributed by atoms with E-state index in [0.29, 0.717) is 5.75 Å². The number of hydrogen-bond acceptors (Lipinski definition) is 5. The van der Waals surface area contributed by atoms with Gasteiger partial charge in [-0.2, -0.15) is 0 Å². The number of nitrogens with zero attached hydrogens (tertiary/aromatic N) is 1. The maximum Gasteiger partial charge on any atom is 0.420 e.